The summed E-state index contributed by atoms with van der Waals surface area (Å²) in [6.07, 6.45) is 4.73. The third-order valence-corrected chi connectivity index (χ3v) is 6.55. The van der Waals surface area contributed by atoms with Gasteiger partial charge >= 0.3 is 0 Å². The summed E-state index contributed by atoms with van der Waals surface area (Å²) in [5.74, 6) is 1.31. The fourth-order valence-corrected chi connectivity index (χ4v) is 4.85. The SMILES string of the molecule is CCCNc1ncc(S(=O)(=O)N2CCSC(CC)C2)cn1. The Morgan fingerprint density at radius 1 is 1.38 bits per heavy atom. The van der Waals surface area contributed by atoms with Crippen molar-refractivity contribution in [2.75, 3.05) is 30.7 Å². The summed E-state index contributed by atoms with van der Waals surface area (Å²) >= 11 is 1.84. The van der Waals surface area contributed by atoms with Gasteiger partial charge in [0, 0.05) is 30.6 Å². The molecule has 1 aliphatic rings. The smallest absolute Gasteiger partial charge is 0.246 e. The quantitative estimate of drug-likeness (QED) is 0.857. The van der Waals surface area contributed by atoms with Crippen LogP contribution in [0.5, 0.6) is 0 Å². The van der Waals surface area contributed by atoms with E-state index in [1.165, 1.54) is 12.4 Å². The number of anilines is 1. The molecule has 0 aromatic carbocycles. The lowest BCUT2D eigenvalue weighted by atomic mass is 10.3. The van der Waals surface area contributed by atoms with Gasteiger partial charge in [-0.15, -0.1) is 0 Å². The van der Waals surface area contributed by atoms with Crippen molar-refractivity contribution in [3.8, 4) is 0 Å². The predicted octanol–water partition coefficient (Wildman–Crippen LogP) is 1.81. The molecular weight excluding hydrogens is 308 g/mol. The zero-order valence-corrected chi connectivity index (χ0v) is 14.1. The van der Waals surface area contributed by atoms with E-state index in [0.717, 1.165) is 25.1 Å². The number of aromatic nitrogens is 2. The van der Waals surface area contributed by atoms with Gasteiger partial charge in [-0.2, -0.15) is 16.1 Å². The van der Waals surface area contributed by atoms with Crippen LogP contribution in [-0.4, -0.2) is 53.3 Å². The van der Waals surface area contributed by atoms with Crippen LogP contribution < -0.4 is 5.32 Å². The minimum absolute atomic E-state index is 0.173. The molecule has 1 aromatic rings. The first kappa shape index (κ1) is 16.5. The zero-order chi connectivity index (χ0) is 15.3. The van der Waals surface area contributed by atoms with Gasteiger partial charge in [-0.1, -0.05) is 13.8 Å². The van der Waals surface area contributed by atoms with Gasteiger partial charge in [0.2, 0.25) is 16.0 Å². The van der Waals surface area contributed by atoms with Crippen LogP contribution in [0, 0.1) is 0 Å². The normalized spacial score (nSPS) is 20.4. The highest BCUT2D eigenvalue weighted by molar-refractivity contribution is 8.00. The van der Waals surface area contributed by atoms with Crippen molar-refractivity contribution >= 4 is 27.7 Å². The van der Waals surface area contributed by atoms with Gasteiger partial charge in [0.15, 0.2) is 0 Å². The lowest BCUT2D eigenvalue weighted by Crippen LogP contribution is -2.41. The molecule has 8 heteroatoms. The number of thioether (sulfide) groups is 1. The molecule has 0 radical (unpaired) electrons. The number of hydrogen-bond acceptors (Lipinski definition) is 6. The third-order valence-electron chi connectivity index (χ3n) is 3.36. The maximum atomic E-state index is 12.6. The van der Waals surface area contributed by atoms with Crippen molar-refractivity contribution in [1.82, 2.24) is 14.3 Å². The number of nitrogens with zero attached hydrogens (tertiary/aromatic N) is 3. The van der Waals surface area contributed by atoms with E-state index in [1.807, 2.05) is 18.7 Å². The standard InChI is InChI=1S/C13H22N4O2S2/c1-3-5-14-13-15-8-12(9-16-13)21(18,19)17-6-7-20-11(4-2)10-17/h8-9,11H,3-7,10H2,1-2H3,(H,14,15,16). The van der Waals surface area contributed by atoms with Crippen LogP contribution in [0.2, 0.25) is 0 Å². The molecule has 1 aromatic heterocycles. The summed E-state index contributed by atoms with van der Waals surface area (Å²) in [6, 6.07) is 0. The Balaban J connectivity index is 2.11. The number of nitrogens with one attached hydrogen (secondary N) is 1. The molecule has 118 valence electrons. The topological polar surface area (TPSA) is 75.2 Å². The molecule has 0 aliphatic carbocycles. The summed E-state index contributed by atoms with van der Waals surface area (Å²) in [6.45, 7) is 6.03. The second-order valence-corrected chi connectivity index (χ2v) is 8.28. The van der Waals surface area contributed by atoms with E-state index in [2.05, 4.69) is 22.2 Å². The lowest BCUT2D eigenvalue weighted by Gasteiger charge is -2.30. The average molecular weight is 330 g/mol. The number of rotatable bonds is 6. The fourth-order valence-electron chi connectivity index (χ4n) is 2.08. The molecule has 21 heavy (non-hydrogen) atoms. The maximum Gasteiger partial charge on any atom is 0.246 e. The van der Waals surface area contributed by atoms with Crippen molar-refractivity contribution in [2.24, 2.45) is 0 Å². The van der Waals surface area contributed by atoms with Crippen LogP contribution in [0.15, 0.2) is 17.3 Å². The predicted molar refractivity (Wildman–Crippen MR) is 86.1 cm³/mol. The van der Waals surface area contributed by atoms with Crippen LogP contribution >= 0.6 is 11.8 Å². The molecule has 1 atom stereocenters. The Hall–Kier alpha value is -0.860. The molecule has 1 fully saturated rings. The lowest BCUT2D eigenvalue weighted by molar-refractivity contribution is 0.415. The molecule has 0 saturated carbocycles. The van der Waals surface area contributed by atoms with Crippen molar-refractivity contribution in [2.45, 2.75) is 36.8 Å². The summed E-state index contributed by atoms with van der Waals surface area (Å²) in [4.78, 5) is 8.34. The van der Waals surface area contributed by atoms with Gasteiger partial charge in [-0.25, -0.2) is 18.4 Å². The number of hydrogen-bond donors (Lipinski definition) is 1. The first-order chi connectivity index (χ1) is 10.1. The molecule has 1 unspecified atom stereocenters. The molecule has 1 aliphatic heterocycles. The van der Waals surface area contributed by atoms with Crippen molar-refractivity contribution in [3.05, 3.63) is 12.4 Å². The van der Waals surface area contributed by atoms with E-state index in [0.29, 0.717) is 24.3 Å². The second-order valence-electron chi connectivity index (χ2n) is 4.93. The van der Waals surface area contributed by atoms with E-state index in [-0.39, 0.29) is 4.90 Å². The average Bonchev–Trinajstić information content (AvgIpc) is 2.53. The van der Waals surface area contributed by atoms with Gasteiger partial charge < -0.3 is 5.32 Å². The zero-order valence-electron chi connectivity index (χ0n) is 12.4. The van der Waals surface area contributed by atoms with Crippen LogP contribution in [0.4, 0.5) is 5.95 Å². The Kier molecular flexibility index (Phi) is 5.83. The van der Waals surface area contributed by atoms with Crippen LogP contribution in [0.1, 0.15) is 26.7 Å². The van der Waals surface area contributed by atoms with Crippen molar-refractivity contribution < 1.29 is 8.42 Å². The monoisotopic (exact) mass is 330 g/mol. The van der Waals surface area contributed by atoms with Gasteiger partial charge in [0.25, 0.3) is 0 Å². The molecule has 2 rings (SSSR count). The Morgan fingerprint density at radius 2 is 2.10 bits per heavy atom. The molecule has 1 saturated heterocycles. The minimum atomic E-state index is -3.48. The van der Waals surface area contributed by atoms with E-state index in [1.54, 1.807) is 4.31 Å². The third kappa shape index (κ3) is 4.08. The minimum Gasteiger partial charge on any atom is -0.354 e. The Labute approximate surface area is 130 Å². The molecule has 6 nitrogen and oxygen atoms in total. The van der Waals surface area contributed by atoms with Crippen LogP contribution in [-0.2, 0) is 10.0 Å². The van der Waals surface area contributed by atoms with Gasteiger partial charge in [0.05, 0.1) is 12.4 Å². The van der Waals surface area contributed by atoms with E-state index < -0.39 is 10.0 Å². The summed E-state index contributed by atoms with van der Waals surface area (Å²) in [5, 5.41) is 3.41. The number of sulfonamides is 1. The summed E-state index contributed by atoms with van der Waals surface area (Å²) in [5.41, 5.74) is 0. The summed E-state index contributed by atoms with van der Waals surface area (Å²) in [7, 11) is -3.48. The molecule has 0 bridgehead atoms. The van der Waals surface area contributed by atoms with E-state index >= 15 is 0 Å². The molecule has 2 heterocycles. The molecule has 1 N–H and O–H groups in total. The second kappa shape index (κ2) is 7.42. The van der Waals surface area contributed by atoms with Gasteiger partial charge in [-0.3, -0.25) is 0 Å². The summed E-state index contributed by atoms with van der Waals surface area (Å²) < 4.78 is 26.7. The fraction of sp³-hybridized carbons (Fsp3) is 0.692. The first-order valence-electron chi connectivity index (χ1n) is 7.25. The van der Waals surface area contributed by atoms with Gasteiger partial charge in [-0.05, 0) is 12.8 Å². The van der Waals surface area contributed by atoms with Crippen molar-refractivity contribution in [1.29, 1.82) is 0 Å². The molecular formula is C13H22N4O2S2. The Bertz CT molecular complexity index is 548. The van der Waals surface area contributed by atoms with E-state index in [4.69, 9.17) is 0 Å². The highest BCUT2D eigenvalue weighted by Gasteiger charge is 2.30. The highest BCUT2D eigenvalue weighted by Crippen LogP contribution is 2.25. The van der Waals surface area contributed by atoms with Crippen LogP contribution in [0.25, 0.3) is 0 Å². The molecule has 0 spiro atoms. The van der Waals surface area contributed by atoms with Crippen molar-refractivity contribution in [3.63, 3.8) is 0 Å². The first-order valence-corrected chi connectivity index (χ1v) is 9.74. The van der Waals surface area contributed by atoms with Gasteiger partial charge in [0.1, 0.15) is 4.90 Å². The van der Waals surface area contributed by atoms with Crippen LogP contribution in [0.3, 0.4) is 0 Å². The molecule has 0 amide bonds. The Morgan fingerprint density at radius 3 is 2.71 bits per heavy atom. The van der Waals surface area contributed by atoms with E-state index in [9.17, 15) is 8.42 Å². The maximum absolute atomic E-state index is 12.6. The highest BCUT2D eigenvalue weighted by atomic mass is 32.2. The largest absolute Gasteiger partial charge is 0.354 e.